The van der Waals surface area contributed by atoms with Crippen molar-refractivity contribution < 1.29 is 80.5 Å². The number of amides is 2. The van der Waals surface area contributed by atoms with Gasteiger partial charge in [0, 0.05) is 37.1 Å². The third-order valence-electron chi connectivity index (χ3n) is 7.93. The van der Waals surface area contributed by atoms with Gasteiger partial charge in [0.1, 0.15) is 36.3 Å². The van der Waals surface area contributed by atoms with E-state index in [2.05, 4.69) is 43.5 Å². The molecule has 0 bridgehead atoms. The van der Waals surface area contributed by atoms with E-state index in [0.29, 0.717) is 5.75 Å². The number of aliphatic hydroxyl groups is 2. The summed E-state index contributed by atoms with van der Waals surface area (Å²) >= 11 is 1.05. The van der Waals surface area contributed by atoms with Crippen LogP contribution in [-0.4, -0.2) is 103 Å². The van der Waals surface area contributed by atoms with Gasteiger partial charge in [0.25, 0.3) is 15.6 Å². The van der Waals surface area contributed by atoms with E-state index < -0.39 is 84.6 Å². The van der Waals surface area contributed by atoms with Crippen LogP contribution in [0.4, 0.5) is 5.82 Å². The number of rotatable bonds is 21. The molecule has 0 radical (unpaired) electrons. The first-order valence-corrected chi connectivity index (χ1v) is 22.0. The van der Waals surface area contributed by atoms with Gasteiger partial charge in [-0.25, -0.2) is 19.3 Å². The van der Waals surface area contributed by atoms with Gasteiger partial charge in [-0.1, -0.05) is 55.9 Å². The fourth-order valence-electron chi connectivity index (χ4n) is 5.09. The summed E-state index contributed by atoms with van der Waals surface area (Å²) in [6, 6.07) is 9.12. The monoisotopic (exact) mass is 881 g/mol. The smallest absolute Gasteiger partial charge is 0.274 e. The van der Waals surface area contributed by atoms with Gasteiger partial charge in [0.15, 0.2) is 22.8 Å². The Morgan fingerprint density at radius 2 is 1.72 bits per heavy atom. The second kappa shape index (κ2) is 19.7. The number of imidazole rings is 1. The first-order valence-electron chi connectivity index (χ1n) is 16.6. The zero-order valence-corrected chi connectivity index (χ0v) is 33.5. The molecule has 3 heterocycles. The lowest BCUT2D eigenvalue weighted by Crippen LogP contribution is -2.46. The van der Waals surface area contributed by atoms with E-state index in [9.17, 15) is 57.9 Å². The summed E-state index contributed by atoms with van der Waals surface area (Å²) in [6.07, 6.45) is -7.36. The van der Waals surface area contributed by atoms with E-state index in [0.717, 1.165) is 34.5 Å². The maximum atomic E-state index is 12.5. The number of carbonyl (C=O) groups is 3. The van der Waals surface area contributed by atoms with Gasteiger partial charge in [-0.15, -0.1) is 0 Å². The number of thioether (sulfide) groups is 1. The average molecular weight is 882 g/mol. The summed E-state index contributed by atoms with van der Waals surface area (Å²) in [5.41, 5.74) is 4.93. The van der Waals surface area contributed by atoms with Crippen LogP contribution in [0.3, 0.4) is 0 Å². The lowest BCUT2D eigenvalue weighted by molar-refractivity contribution is -0.347. The number of phosphoric ester groups is 3. The number of nitrogen functional groups attached to an aromatic ring is 1. The summed E-state index contributed by atoms with van der Waals surface area (Å²) in [7, 11) is -17.6. The van der Waals surface area contributed by atoms with Crippen molar-refractivity contribution in [1.82, 2.24) is 30.2 Å². The Morgan fingerprint density at radius 1 is 1.04 bits per heavy atom. The summed E-state index contributed by atoms with van der Waals surface area (Å²) in [5, 5.41) is 26.2. The molecule has 7 atom stereocenters. The first-order chi connectivity index (χ1) is 26.6. The zero-order chi connectivity index (χ0) is 42.2. The second-order valence-electron chi connectivity index (χ2n) is 12.9. The van der Waals surface area contributed by atoms with Crippen molar-refractivity contribution in [2.75, 3.05) is 37.8 Å². The molecule has 316 valence electrons. The van der Waals surface area contributed by atoms with Gasteiger partial charge in [-0.05, 0) is 5.56 Å². The molecule has 3 aromatic rings. The number of benzene rings is 1. The molecule has 1 aliphatic heterocycles. The van der Waals surface area contributed by atoms with Crippen LogP contribution in [0.25, 0.3) is 11.2 Å². The number of phosphoric acid groups is 3. The van der Waals surface area contributed by atoms with Gasteiger partial charge >= 0.3 is 0 Å². The van der Waals surface area contributed by atoms with Gasteiger partial charge in [-0.3, -0.25) is 28.1 Å². The molecule has 4 rings (SSSR count). The number of aliphatic hydroxyl groups excluding tert-OH is 2. The maximum Gasteiger partial charge on any atom is 0.274 e. The van der Waals surface area contributed by atoms with Crippen LogP contribution < -0.4 is 35.9 Å². The third-order valence-corrected chi connectivity index (χ3v) is 11.8. The number of aromatic nitrogens is 4. The number of hydrogen-bond donors (Lipinski definition) is 5. The van der Waals surface area contributed by atoms with Crippen molar-refractivity contribution in [3.8, 4) is 0 Å². The molecule has 1 saturated heterocycles. The number of carbonyl (C=O) groups excluding carboxylic acids is 3. The molecule has 57 heavy (non-hydrogen) atoms. The van der Waals surface area contributed by atoms with Crippen LogP contribution in [0.5, 0.6) is 0 Å². The molecule has 1 aliphatic rings. The van der Waals surface area contributed by atoms with Crippen molar-refractivity contribution >= 4 is 69.1 Å². The average Bonchev–Trinajstić information content (AvgIpc) is 3.68. The van der Waals surface area contributed by atoms with Crippen LogP contribution in [0.2, 0.25) is 0 Å². The number of nitrogens with one attached hydrogen (secondary N) is 2. The molecule has 0 aliphatic carbocycles. The Balaban J connectivity index is 1.22. The van der Waals surface area contributed by atoms with E-state index in [1.54, 1.807) is 0 Å². The van der Waals surface area contributed by atoms with E-state index in [4.69, 9.17) is 10.5 Å². The molecule has 1 fully saturated rings. The fraction of sp³-hybridized carbons (Fsp3) is 0.517. The van der Waals surface area contributed by atoms with Crippen LogP contribution in [0.1, 0.15) is 32.1 Å². The van der Waals surface area contributed by atoms with E-state index in [-0.39, 0.29) is 48.0 Å². The number of ether oxygens (including phenoxy) is 1. The standard InChI is InChI=1S/C29H42N7O17P3S/c1-29(2,24(40)27(41)32-9-8-19(37)31-10-11-57-20(38)12-17-6-4-3-5-7-17)14-50-56(47,48)53-55(45,46)49-13-18-23(52-54(42,43)44)22(39)28(51-18)36-16-35-21-25(30)33-15-34-26(21)36/h3-7,15-16,18,22-24,28,39-40H,8-14H2,1-2H3,(H,31,37)(H,32,41)(H,45,46)(H,47,48)(H2,30,33,34)(H2,42,43,44)/p-4. The Hall–Kier alpha value is -3.22. The van der Waals surface area contributed by atoms with Gasteiger partial charge in [0.2, 0.25) is 11.8 Å². The van der Waals surface area contributed by atoms with Crippen molar-refractivity contribution in [1.29, 1.82) is 0 Å². The minimum atomic E-state index is -5.92. The number of nitrogens with zero attached hydrogens (tertiary/aromatic N) is 4. The predicted octanol–water partition coefficient (Wildman–Crippen LogP) is -2.62. The maximum absolute atomic E-state index is 12.5. The van der Waals surface area contributed by atoms with E-state index >= 15 is 0 Å². The summed E-state index contributed by atoms with van der Waals surface area (Å²) in [5.74, 6) is -1.24. The first kappa shape index (κ1) is 46.5. The molecule has 7 unspecified atom stereocenters. The highest BCUT2D eigenvalue weighted by Gasteiger charge is 2.47. The lowest BCUT2D eigenvalue weighted by atomic mass is 9.87. The molecule has 24 nitrogen and oxygen atoms in total. The fourth-order valence-corrected chi connectivity index (χ4v) is 8.52. The highest BCUT2D eigenvalue weighted by molar-refractivity contribution is 8.13. The number of anilines is 1. The topological polar surface area (TPSA) is 375 Å². The van der Waals surface area contributed by atoms with Crippen molar-refractivity contribution in [2.45, 2.75) is 57.3 Å². The second-order valence-corrected chi connectivity index (χ2v) is 18.1. The Bertz CT molecular complexity index is 2020. The van der Waals surface area contributed by atoms with Crippen LogP contribution in [0.15, 0.2) is 43.0 Å². The van der Waals surface area contributed by atoms with E-state index in [1.165, 1.54) is 13.8 Å². The van der Waals surface area contributed by atoms with Crippen molar-refractivity contribution in [2.24, 2.45) is 5.41 Å². The highest BCUT2D eigenvalue weighted by Crippen LogP contribution is 2.56. The van der Waals surface area contributed by atoms with Crippen molar-refractivity contribution in [3.05, 3.63) is 48.5 Å². The van der Waals surface area contributed by atoms with Gasteiger partial charge < -0.3 is 69.0 Å². The molecule has 0 saturated carbocycles. The third kappa shape index (κ3) is 13.9. The number of fused-ring (bicyclic) bond motifs is 1. The molecular weight excluding hydrogens is 843 g/mol. The molecule has 1 aromatic carbocycles. The quantitative estimate of drug-likeness (QED) is 0.0540. The largest absolute Gasteiger partial charge is 0.790 e. The predicted molar refractivity (Wildman–Crippen MR) is 188 cm³/mol. The molecular formula is C29H38N7O17P3S-4. The molecule has 0 spiro atoms. The summed E-state index contributed by atoms with van der Waals surface area (Å²) in [6.45, 7) is 0.0749. The van der Waals surface area contributed by atoms with E-state index in [1.807, 2.05) is 30.3 Å². The SMILES string of the molecule is CC(C)(COP(=O)([O-])OP(=O)([O-])OCC1OC(n2cnc3c(N)ncnc32)C(O)C1OP(=O)([O-])[O-])C(O)C(=O)NCCC(=O)NCCSC(=O)Cc1ccccc1. The Labute approximate surface area is 328 Å². The molecule has 6 N–H and O–H groups in total. The lowest BCUT2D eigenvalue weighted by Gasteiger charge is -2.36. The van der Waals surface area contributed by atoms with Crippen LogP contribution >= 0.6 is 35.2 Å². The minimum absolute atomic E-state index is 0.0222. The number of hydrogen-bond acceptors (Lipinski definition) is 22. The number of nitrogens with two attached hydrogens (primary N) is 1. The highest BCUT2D eigenvalue weighted by atomic mass is 32.2. The zero-order valence-electron chi connectivity index (χ0n) is 30.0. The molecule has 2 aromatic heterocycles. The van der Waals surface area contributed by atoms with Gasteiger partial charge in [-0.2, -0.15) is 0 Å². The van der Waals surface area contributed by atoms with Crippen molar-refractivity contribution in [3.63, 3.8) is 0 Å². The van der Waals surface area contributed by atoms with Crippen LogP contribution in [-0.2, 0) is 57.1 Å². The minimum Gasteiger partial charge on any atom is -0.790 e. The molecule has 28 heteroatoms. The molecule has 2 amide bonds. The van der Waals surface area contributed by atoms with Gasteiger partial charge in [0.05, 0.1) is 27.4 Å². The Kier molecular flexibility index (Phi) is 16.1. The Morgan fingerprint density at radius 3 is 2.40 bits per heavy atom. The summed E-state index contributed by atoms with van der Waals surface area (Å²) in [4.78, 5) is 96.2. The van der Waals surface area contributed by atoms with Crippen LogP contribution in [0, 0.1) is 5.41 Å². The summed E-state index contributed by atoms with van der Waals surface area (Å²) < 4.78 is 60.5. The normalized spacial score (nSPS) is 21.4.